The van der Waals surface area contributed by atoms with Crippen LogP contribution in [0.1, 0.15) is 17.2 Å². The highest BCUT2D eigenvalue weighted by molar-refractivity contribution is 5.71. The van der Waals surface area contributed by atoms with Crippen molar-refractivity contribution in [1.82, 2.24) is 5.32 Å². The van der Waals surface area contributed by atoms with Gasteiger partial charge in [-0.2, -0.15) is 0 Å². The van der Waals surface area contributed by atoms with Crippen molar-refractivity contribution in [2.75, 3.05) is 0 Å². The smallest absolute Gasteiger partial charge is 0.410 e. The summed E-state index contributed by atoms with van der Waals surface area (Å²) in [7, 11) is 0. The predicted molar refractivity (Wildman–Crippen MR) is 90.3 cm³/mol. The SMILES string of the molecule is O=C(NC(c1ccccc1)c1ccc(F)cc1)Oc1ccccc1. The molecule has 0 heterocycles. The van der Waals surface area contributed by atoms with Gasteiger partial charge in [0.2, 0.25) is 0 Å². The fourth-order valence-corrected chi connectivity index (χ4v) is 2.40. The fraction of sp³-hybridized carbons (Fsp3) is 0.0500. The molecule has 0 aliphatic heterocycles. The van der Waals surface area contributed by atoms with E-state index in [4.69, 9.17) is 4.74 Å². The Hall–Kier alpha value is -3.14. The van der Waals surface area contributed by atoms with Crippen LogP contribution in [0.3, 0.4) is 0 Å². The van der Waals surface area contributed by atoms with Gasteiger partial charge >= 0.3 is 6.09 Å². The highest BCUT2D eigenvalue weighted by Crippen LogP contribution is 2.22. The molecule has 0 bridgehead atoms. The third kappa shape index (κ3) is 3.98. The third-order valence-electron chi connectivity index (χ3n) is 3.55. The number of amides is 1. The second kappa shape index (κ2) is 7.42. The minimum absolute atomic E-state index is 0.322. The number of para-hydroxylation sites is 1. The number of carbonyl (C=O) groups excluding carboxylic acids is 1. The van der Waals surface area contributed by atoms with Gasteiger partial charge in [0.15, 0.2) is 0 Å². The molecule has 0 fully saturated rings. The van der Waals surface area contributed by atoms with E-state index in [0.29, 0.717) is 5.75 Å². The molecule has 1 atom stereocenters. The highest BCUT2D eigenvalue weighted by Gasteiger charge is 2.18. The van der Waals surface area contributed by atoms with Crippen LogP contribution in [-0.4, -0.2) is 6.09 Å². The summed E-state index contributed by atoms with van der Waals surface area (Å²) < 4.78 is 18.5. The van der Waals surface area contributed by atoms with E-state index in [9.17, 15) is 9.18 Å². The molecule has 120 valence electrons. The maximum atomic E-state index is 13.2. The number of carbonyl (C=O) groups is 1. The van der Waals surface area contributed by atoms with Crippen LogP contribution < -0.4 is 10.1 Å². The zero-order valence-electron chi connectivity index (χ0n) is 12.9. The lowest BCUT2D eigenvalue weighted by molar-refractivity contribution is 0.198. The van der Waals surface area contributed by atoms with E-state index in [2.05, 4.69) is 5.32 Å². The van der Waals surface area contributed by atoms with E-state index in [1.807, 2.05) is 36.4 Å². The van der Waals surface area contributed by atoms with E-state index in [0.717, 1.165) is 11.1 Å². The van der Waals surface area contributed by atoms with Crippen LogP contribution in [0.2, 0.25) is 0 Å². The monoisotopic (exact) mass is 321 g/mol. The Bertz CT molecular complexity index is 789. The van der Waals surface area contributed by atoms with E-state index in [-0.39, 0.29) is 5.82 Å². The van der Waals surface area contributed by atoms with Gasteiger partial charge in [-0.1, -0.05) is 60.7 Å². The molecular formula is C20H16FNO2. The normalized spacial score (nSPS) is 11.5. The number of rotatable bonds is 4. The Kier molecular flexibility index (Phi) is 4.87. The summed E-state index contributed by atoms with van der Waals surface area (Å²) in [4.78, 5) is 12.2. The number of ether oxygens (including phenoxy) is 1. The first-order valence-electron chi connectivity index (χ1n) is 7.56. The Morgan fingerprint density at radius 2 is 1.33 bits per heavy atom. The van der Waals surface area contributed by atoms with Gasteiger partial charge in [0.1, 0.15) is 11.6 Å². The van der Waals surface area contributed by atoms with Crippen molar-refractivity contribution >= 4 is 6.09 Å². The Labute approximate surface area is 139 Å². The molecule has 4 heteroatoms. The van der Waals surface area contributed by atoms with Crippen LogP contribution >= 0.6 is 0 Å². The first-order valence-corrected chi connectivity index (χ1v) is 7.56. The molecule has 0 aromatic heterocycles. The van der Waals surface area contributed by atoms with Crippen molar-refractivity contribution in [3.8, 4) is 5.75 Å². The highest BCUT2D eigenvalue weighted by atomic mass is 19.1. The molecule has 3 rings (SSSR count). The topological polar surface area (TPSA) is 38.3 Å². The summed E-state index contributed by atoms with van der Waals surface area (Å²) in [6.45, 7) is 0. The second-order valence-corrected chi connectivity index (χ2v) is 5.24. The number of halogens is 1. The molecule has 3 nitrogen and oxygen atoms in total. The van der Waals surface area contributed by atoms with Crippen molar-refractivity contribution in [2.24, 2.45) is 0 Å². The first-order chi connectivity index (χ1) is 11.7. The molecule has 1 unspecified atom stereocenters. The number of nitrogens with one attached hydrogen (secondary N) is 1. The van der Waals surface area contributed by atoms with Crippen molar-refractivity contribution in [3.63, 3.8) is 0 Å². The largest absolute Gasteiger partial charge is 0.413 e. The summed E-state index contributed by atoms with van der Waals surface area (Å²) in [5, 5.41) is 2.83. The molecular weight excluding hydrogens is 305 g/mol. The predicted octanol–water partition coefficient (Wildman–Crippen LogP) is 4.70. The maximum absolute atomic E-state index is 13.2. The molecule has 1 N–H and O–H groups in total. The van der Waals surface area contributed by atoms with Crippen molar-refractivity contribution in [1.29, 1.82) is 0 Å². The van der Waals surface area contributed by atoms with E-state index in [1.54, 1.807) is 36.4 Å². The Balaban J connectivity index is 1.82. The lowest BCUT2D eigenvalue weighted by Crippen LogP contribution is -2.31. The van der Waals surface area contributed by atoms with Gasteiger partial charge in [-0.15, -0.1) is 0 Å². The van der Waals surface area contributed by atoms with Gasteiger partial charge in [-0.05, 0) is 35.4 Å². The molecule has 0 aliphatic carbocycles. The third-order valence-corrected chi connectivity index (χ3v) is 3.55. The summed E-state index contributed by atoms with van der Waals surface area (Å²) >= 11 is 0. The Morgan fingerprint density at radius 1 is 0.792 bits per heavy atom. The number of hydrogen-bond acceptors (Lipinski definition) is 2. The first kappa shape index (κ1) is 15.7. The van der Waals surface area contributed by atoms with E-state index < -0.39 is 12.1 Å². The molecule has 0 aliphatic rings. The lowest BCUT2D eigenvalue weighted by atomic mass is 9.99. The fourth-order valence-electron chi connectivity index (χ4n) is 2.40. The average Bonchev–Trinajstić information content (AvgIpc) is 2.62. The van der Waals surface area contributed by atoms with Crippen LogP contribution in [0.25, 0.3) is 0 Å². The number of benzene rings is 3. The zero-order valence-corrected chi connectivity index (χ0v) is 12.9. The molecule has 1 amide bonds. The quantitative estimate of drug-likeness (QED) is 0.756. The van der Waals surface area contributed by atoms with Gasteiger partial charge < -0.3 is 10.1 Å². The van der Waals surface area contributed by atoms with Gasteiger partial charge in [-0.3, -0.25) is 0 Å². The van der Waals surface area contributed by atoms with Gasteiger partial charge in [0.25, 0.3) is 0 Å². The van der Waals surface area contributed by atoms with E-state index in [1.165, 1.54) is 12.1 Å². The minimum Gasteiger partial charge on any atom is -0.410 e. The lowest BCUT2D eigenvalue weighted by Gasteiger charge is -2.19. The van der Waals surface area contributed by atoms with Crippen molar-refractivity contribution in [3.05, 3.63) is 102 Å². The minimum atomic E-state index is -0.570. The summed E-state index contributed by atoms with van der Waals surface area (Å²) in [6.07, 6.45) is -0.570. The summed E-state index contributed by atoms with van der Waals surface area (Å²) in [6, 6.07) is 23.9. The molecule has 0 spiro atoms. The molecule has 0 saturated carbocycles. The number of hydrogen-bond donors (Lipinski definition) is 1. The van der Waals surface area contributed by atoms with Crippen LogP contribution in [0, 0.1) is 5.82 Å². The second-order valence-electron chi connectivity index (χ2n) is 5.24. The van der Waals surface area contributed by atoms with Crippen LogP contribution in [0.15, 0.2) is 84.9 Å². The maximum Gasteiger partial charge on any atom is 0.413 e. The molecule has 3 aromatic rings. The Morgan fingerprint density at radius 3 is 1.96 bits per heavy atom. The van der Waals surface area contributed by atoms with Crippen LogP contribution in [-0.2, 0) is 0 Å². The standard InChI is InChI=1S/C20H16FNO2/c21-17-13-11-16(12-14-17)19(15-7-3-1-4-8-15)22-20(23)24-18-9-5-2-6-10-18/h1-14,19H,(H,22,23). The van der Waals surface area contributed by atoms with Crippen molar-refractivity contribution in [2.45, 2.75) is 6.04 Å². The van der Waals surface area contributed by atoms with Gasteiger partial charge in [0.05, 0.1) is 6.04 Å². The van der Waals surface area contributed by atoms with E-state index >= 15 is 0 Å². The van der Waals surface area contributed by atoms with Gasteiger partial charge in [0, 0.05) is 0 Å². The zero-order chi connectivity index (χ0) is 16.8. The van der Waals surface area contributed by atoms with Crippen molar-refractivity contribution < 1.29 is 13.9 Å². The molecule has 0 saturated heterocycles. The van der Waals surface area contributed by atoms with Crippen LogP contribution in [0.4, 0.5) is 9.18 Å². The molecule has 24 heavy (non-hydrogen) atoms. The van der Waals surface area contributed by atoms with Crippen LogP contribution in [0.5, 0.6) is 5.75 Å². The molecule has 3 aromatic carbocycles. The summed E-state index contributed by atoms with van der Waals surface area (Å²) in [5.74, 6) is 0.137. The molecule has 0 radical (unpaired) electrons. The summed E-state index contributed by atoms with van der Waals surface area (Å²) in [5.41, 5.74) is 1.65. The average molecular weight is 321 g/mol. The van der Waals surface area contributed by atoms with Gasteiger partial charge in [-0.25, -0.2) is 9.18 Å².